The fourth-order valence-corrected chi connectivity index (χ4v) is 4.01. The molecule has 0 saturated heterocycles. The van der Waals surface area contributed by atoms with Gasteiger partial charge in [-0.3, -0.25) is 9.59 Å². The van der Waals surface area contributed by atoms with Crippen LogP contribution in [0.4, 0.5) is 4.39 Å². The van der Waals surface area contributed by atoms with Crippen LogP contribution >= 0.6 is 11.8 Å². The third-order valence-corrected chi connectivity index (χ3v) is 5.26. The monoisotopic (exact) mass is 378 g/mol. The van der Waals surface area contributed by atoms with Gasteiger partial charge >= 0.3 is 0 Å². The third-order valence-electron chi connectivity index (χ3n) is 4.39. The molecule has 3 N–H and O–H groups in total. The molecule has 0 spiro atoms. The average Bonchev–Trinajstić information content (AvgIpc) is 3.07. The van der Waals surface area contributed by atoms with E-state index in [4.69, 9.17) is 0 Å². The van der Waals surface area contributed by atoms with Crippen molar-refractivity contribution >= 4 is 44.3 Å². The van der Waals surface area contributed by atoms with E-state index >= 15 is 0 Å². The van der Waals surface area contributed by atoms with Gasteiger partial charge in [0.2, 0.25) is 5.56 Å². The molecule has 132 valence electrons. The van der Waals surface area contributed by atoms with E-state index in [0.717, 1.165) is 15.8 Å². The minimum absolute atomic E-state index is 0.179. The van der Waals surface area contributed by atoms with Crippen LogP contribution < -0.4 is 11.1 Å². The SMILES string of the molecule is O=c1ccc(Sc2nc3c4cc[nH]c(=O)c4c4cc(F)ccc4c3[nH]2)c[nH]1. The Kier molecular flexibility index (Phi) is 3.41. The highest BCUT2D eigenvalue weighted by atomic mass is 32.2. The molecule has 2 aromatic carbocycles. The lowest BCUT2D eigenvalue weighted by Gasteiger charge is -2.05. The molecule has 6 nitrogen and oxygen atoms in total. The van der Waals surface area contributed by atoms with Gasteiger partial charge in [0.15, 0.2) is 5.16 Å². The zero-order chi connectivity index (χ0) is 18.5. The summed E-state index contributed by atoms with van der Waals surface area (Å²) in [5, 5.41) is 2.92. The molecule has 0 radical (unpaired) electrons. The topological polar surface area (TPSA) is 94.4 Å². The van der Waals surface area contributed by atoms with Crippen LogP contribution in [0, 0.1) is 5.82 Å². The molecule has 0 atom stereocenters. The highest BCUT2D eigenvalue weighted by Crippen LogP contribution is 2.35. The first-order valence-corrected chi connectivity index (χ1v) is 8.91. The Morgan fingerprint density at radius 1 is 0.963 bits per heavy atom. The number of hydrogen-bond acceptors (Lipinski definition) is 4. The minimum Gasteiger partial charge on any atom is -0.332 e. The van der Waals surface area contributed by atoms with Gasteiger partial charge in [-0.05, 0) is 30.3 Å². The van der Waals surface area contributed by atoms with Crippen LogP contribution in [0.5, 0.6) is 0 Å². The van der Waals surface area contributed by atoms with E-state index in [9.17, 15) is 14.0 Å². The van der Waals surface area contributed by atoms with Crippen molar-refractivity contribution in [1.82, 2.24) is 19.9 Å². The second-order valence-corrected chi connectivity index (χ2v) is 7.10. The van der Waals surface area contributed by atoms with Crippen molar-refractivity contribution in [3.63, 3.8) is 0 Å². The molecule has 8 heteroatoms. The van der Waals surface area contributed by atoms with Crippen LogP contribution in [-0.4, -0.2) is 19.9 Å². The summed E-state index contributed by atoms with van der Waals surface area (Å²) in [6.07, 6.45) is 3.16. The number of fused-ring (bicyclic) bond motifs is 6. The Morgan fingerprint density at radius 3 is 2.67 bits per heavy atom. The number of halogens is 1. The van der Waals surface area contributed by atoms with Crippen LogP contribution in [0.25, 0.3) is 32.6 Å². The molecule has 0 unspecified atom stereocenters. The van der Waals surface area contributed by atoms with Crippen molar-refractivity contribution < 1.29 is 4.39 Å². The molecular formula is C19H11FN4O2S. The van der Waals surface area contributed by atoms with Gasteiger partial charge in [0.05, 0.1) is 16.4 Å². The third kappa shape index (κ3) is 2.53. The summed E-state index contributed by atoms with van der Waals surface area (Å²) in [6.45, 7) is 0. The molecule has 0 amide bonds. The van der Waals surface area contributed by atoms with Crippen molar-refractivity contribution in [1.29, 1.82) is 0 Å². The number of H-pyrrole nitrogens is 3. The van der Waals surface area contributed by atoms with E-state index in [1.807, 2.05) is 0 Å². The molecule has 5 aromatic rings. The maximum Gasteiger partial charge on any atom is 0.256 e. The normalized spacial score (nSPS) is 11.6. The Bertz CT molecular complexity index is 1450. The summed E-state index contributed by atoms with van der Waals surface area (Å²) >= 11 is 1.35. The Hall–Kier alpha value is -3.39. The molecule has 27 heavy (non-hydrogen) atoms. The quantitative estimate of drug-likeness (QED) is 0.410. The number of rotatable bonds is 2. The lowest BCUT2D eigenvalue weighted by atomic mass is 10.0. The van der Waals surface area contributed by atoms with E-state index in [2.05, 4.69) is 19.9 Å². The first-order chi connectivity index (χ1) is 13.1. The number of nitrogens with one attached hydrogen (secondary N) is 3. The van der Waals surface area contributed by atoms with Crippen molar-refractivity contribution in [3.8, 4) is 0 Å². The Balaban J connectivity index is 1.83. The molecular weight excluding hydrogens is 367 g/mol. The molecule has 0 aliphatic rings. The lowest BCUT2D eigenvalue weighted by molar-refractivity contribution is 0.630. The number of aromatic amines is 3. The van der Waals surface area contributed by atoms with E-state index in [1.165, 1.54) is 30.0 Å². The van der Waals surface area contributed by atoms with Crippen LogP contribution in [0.1, 0.15) is 0 Å². The average molecular weight is 378 g/mol. The van der Waals surface area contributed by atoms with E-state index in [-0.39, 0.29) is 11.1 Å². The van der Waals surface area contributed by atoms with Gasteiger partial charge in [-0.25, -0.2) is 9.37 Å². The summed E-state index contributed by atoms with van der Waals surface area (Å²) in [5.41, 5.74) is 0.905. The minimum atomic E-state index is -0.409. The van der Waals surface area contributed by atoms with E-state index in [0.29, 0.717) is 26.8 Å². The van der Waals surface area contributed by atoms with Crippen LogP contribution in [0.2, 0.25) is 0 Å². The fourth-order valence-electron chi connectivity index (χ4n) is 3.25. The molecule has 3 aromatic heterocycles. The van der Waals surface area contributed by atoms with Gasteiger partial charge in [-0.1, -0.05) is 11.8 Å². The molecule has 0 bridgehead atoms. The summed E-state index contributed by atoms with van der Waals surface area (Å²) in [5.74, 6) is -0.409. The smallest absolute Gasteiger partial charge is 0.256 e. The fraction of sp³-hybridized carbons (Fsp3) is 0. The van der Waals surface area contributed by atoms with Gasteiger partial charge in [0.25, 0.3) is 5.56 Å². The predicted molar refractivity (Wildman–Crippen MR) is 103 cm³/mol. The van der Waals surface area contributed by atoms with Crippen molar-refractivity contribution in [2.75, 3.05) is 0 Å². The van der Waals surface area contributed by atoms with E-state index < -0.39 is 5.82 Å². The maximum absolute atomic E-state index is 13.9. The van der Waals surface area contributed by atoms with Crippen molar-refractivity contribution in [3.05, 3.63) is 75.3 Å². The second-order valence-electron chi connectivity index (χ2n) is 6.04. The molecule has 3 heterocycles. The standard InChI is InChI=1S/C19H11FN4O2S/c20-9-1-3-11-13(7-9)15-12(5-6-21-18(15)26)17-16(11)23-19(24-17)27-10-2-4-14(25)22-8-10/h1-8H,(H,21,26)(H,22,25)(H,23,24). The van der Waals surface area contributed by atoms with Gasteiger partial charge in [0.1, 0.15) is 5.82 Å². The second kappa shape index (κ2) is 5.82. The number of pyridine rings is 2. The van der Waals surface area contributed by atoms with Gasteiger partial charge < -0.3 is 15.0 Å². The lowest BCUT2D eigenvalue weighted by Crippen LogP contribution is -2.05. The number of benzene rings is 2. The first-order valence-electron chi connectivity index (χ1n) is 8.09. The Labute approximate surface area is 154 Å². The molecule has 0 saturated carbocycles. The molecule has 5 rings (SSSR count). The van der Waals surface area contributed by atoms with Crippen LogP contribution in [-0.2, 0) is 0 Å². The number of nitrogens with zero attached hydrogens (tertiary/aromatic N) is 1. The summed E-state index contributed by atoms with van der Waals surface area (Å²) in [6, 6.07) is 9.28. The summed E-state index contributed by atoms with van der Waals surface area (Å²) in [4.78, 5) is 37.6. The van der Waals surface area contributed by atoms with Crippen molar-refractivity contribution in [2.45, 2.75) is 10.1 Å². The number of aromatic nitrogens is 4. The largest absolute Gasteiger partial charge is 0.332 e. The molecule has 0 aliphatic heterocycles. The zero-order valence-electron chi connectivity index (χ0n) is 13.7. The van der Waals surface area contributed by atoms with E-state index in [1.54, 1.807) is 30.6 Å². The van der Waals surface area contributed by atoms with Crippen molar-refractivity contribution in [2.24, 2.45) is 0 Å². The summed E-state index contributed by atoms with van der Waals surface area (Å²) in [7, 11) is 0. The summed E-state index contributed by atoms with van der Waals surface area (Å²) < 4.78 is 13.9. The Morgan fingerprint density at radius 2 is 1.85 bits per heavy atom. The molecule has 0 fully saturated rings. The van der Waals surface area contributed by atoms with Crippen LogP contribution in [0.15, 0.2) is 68.4 Å². The first kappa shape index (κ1) is 15.8. The zero-order valence-corrected chi connectivity index (χ0v) is 14.5. The van der Waals surface area contributed by atoms with Gasteiger partial charge in [0, 0.05) is 39.5 Å². The van der Waals surface area contributed by atoms with Crippen LogP contribution in [0.3, 0.4) is 0 Å². The number of hydrogen-bond donors (Lipinski definition) is 3. The van der Waals surface area contributed by atoms with Gasteiger partial charge in [-0.2, -0.15) is 0 Å². The maximum atomic E-state index is 13.9. The molecule has 0 aliphatic carbocycles. The highest BCUT2D eigenvalue weighted by molar-refractivity contribution is 7.99. The number of imidazole rings is 1. The van der Waals surface area contributed by atoms with Gasteiger partial charge in [-0.15, -0.1) is 0 Å². The predicted octanol–water partition coefficient (Wildman–Crippen LogP) is 3.54. The highest BCUT2D eigenvalue weighted by Gasteiger charge is 2.16.